The molecule has 0 bridgehead atoms. The highest BCUT2D eigenvalue weighted by Gasteiger charge is 2.30. The summed E-state index contributed by atoms with van der Waals surface area (Å²) in [5.74, 6) is 0.596. The minimum Gasteiger partial charge on any atom is -0.371 e. The third kappa shape index (κ3) is 4.45. The molecule has 1 aromatic carbocycles. The van der Waals surface area contributed by atoms with Gasteiger partial charge in [-0.2, -0.15) is 4.31 Å². The molecule has 0 radical (unpaired) electrons. The number of amides is 1. The van der Waals surface area contributed by atoms with Gasteiger partial charge in [-0.05, 0) is 60.4 Å². The van der Waals surface area contributed by atoms with Gasteiger partial charge < -0.3 is 9.80 Å². The normalized spacial score (nSPS) is 17.6. The third-order valence-electron chi connectivity index (χ3n) is 6.76. The second-order valence-corrected chi connectivity index (χ2v) is 11.7. The molecule has 6 nitrogen and oxygen atoms in total. The van der Waals surface area contributed by atoms with Gasteiger partial charge in [0.25, 0.3) is 5.91 Å². The number of carbonyl (C=O) groups excluding carboxylic acids is 1. The van der Waals surface area contributed by atoms with E-state index < -0.39 is 10.0 Å². The predicted molar refractivity (Wildman–Crippen MR) is 130 cm³/mol. The first-order chi connectivity index (χ1) is 15.3. The number of rotatable bonds is 6. The highest BCUT2D eigenvalue weighted by molar-refractivity contribution is 7.89. The molecule has 1 fully saturated rings. The Morgan fingerprint density at radius 3 is 2.53 bits per heavy atom. The van der Waals surface area contributed by atoms with Crippen molar-refractivity contribution in [3.63, 3.8) is 0 Å². The van der Waals surface area contributed by atoms with Crippen molar-refractivity contribution in [2.45, 2.75) is 51.5 Å². The molecule has 4 rings (SSSR count). The van der Waals surface area contributed by atoms with Crippen molar-refractivity contribution < 1.29 is 13.2 Å². The first-order valence-corrected chi connectivity index (χ1v) is 13.9. The lowest BCUT2D eigenvalue weighted by molar-refractivity contribution is 0.0736. The van der Waals surface area contributed by atoms with Gasteiger partial charge in [0.1, 0.15) is 0 Å². The van der Waals surface area contributed by atoms with Gasteiger partial charge in [0, 0.05) is 49.8 Å². The topological polar surface area (TPSA) is 60.9 Å². The molecule has 32 heavy (non-hydrogen) atoms. The minimum absolute atomic E-state index is 0.0768. The van der Waals surface area contributed by atoms with Crippen molar-refractivity contribution in [1.29, 1.82) is 0 Å². The summed E-state index contributed by atoms with van der Waals surface area (Å²) in [6.07, 6.45) is 3.01. The second-order valence-electron chi connectivity index (χ2n) is 8.78. The maximum Gasteiger partial charge on any atom is 0.256 e. The van der Waals surface area contributed by atoms with Gasteiger partial charge in [-0.1, -0.05) is 20.8 Å². The SMILES string of the molecule is CCN(CC)S(=O)(=O)c1ccc(N2CCC(C)CC2)c(C(=O)N2CCc3sccc3C2)c1. The van der Waals surface area contributed by atoms with E-state index >= 15 is 0 Å². The van der Waals surface area contributed by atoms with Crippen molar-refractivity contribution in [3.05, 3.63) is 45.6 Å². The number of carbonyl (C=O) groups is 1. The Morgan fingerprint density at radius 2 is 1.84 bits per heavy atom. The quantitative estimate of drug-likeness (QED) is 0.628. The lowest BCUT2D eigenvalue weighted by Gasteiger charge is -2.35. The van der Waals surface area contributed by atoms with Crippen molar-refractivity contribution in [2.75, 3.05) is 37.6 Å². The van der Waals surface area contributed by atoms with E-state index in [2.05, 4.69) is 23.3 Å². The first-order valence-electron chi connectivity index (χ1n) is 11.6. The fourth-order valence-corrected chi connectivity index (χ4v) is 7.05. The van der Waals surface area contributed by atoms with Crippen LogP contribution in [0.15, 0.2) is 34.5 Å². The van der Waals surface area contributed by atoms with Gasteiger partial charge in [0.15, 0.2) is 0 Å². The lowest BCUT2D eigenvalue weighted by Crippen LogP contribution is -2.38. The van der Waals surface area contributed by atoms with Crippen LogP contribution in [0.5, 0.6) is 0 Å². The second kappa shape index (κ2) is 9.53. The van der Waals surface area contributed by atoms with E-state index in [1.54, 1.807) is 23.5 Å². The average Bonchev–Trinajstić information content (AvgIpc) is 3.27. The van der Waals surface area contributed by atoms with Crippen LogP contribution >= 0.6 is 11.3 Å². The largest absolute Gasteiger partial charge is 0.371 e. The van der Waals surface area contributed by atoms with E-state index in [9.17, 15) is 13.2 Å². The number of piperidine rings is 1. The zero-order valence-corrected chi connectivity index (χ0v) is 20.8. The fraction of sp³-hybridized carbons (Fsp3) is 0.542. The maximum atomic E-state index is 13.7. The van der Waals surface area contributed by atoms with E-state index in [0.29, 0.717) is 37.7 Å². The molecule has 8 heteroatoms. The molecule has 0 spiro atoms. The summed E-state index contributed by atoms with van der Waals surface area (Å²) in [4.78, 5) is 19.4. The van der Waals surface area contributed by atoms with Crippen LogP contribution in [-0.4, -0.2) is 56.3 Å². The smallest absolute Gasteiger partial charge is 0.256 e. The van der Waals surface area contributed by atoms with Crippen molar-refractivity contribution >= 4 is 33.0 Å². The van der Waals surface area contributed by atoms with Crippen molar-refractivity contribution in [3.8, 4) is 0 Å². The van der Waals surface area contributed by atoms with Gasteiger partial charge in [-0.15, -0.1) is 11.3 Å². The van der Waals surface area contributed by atoms with Crippen LogP contribution in [0.4, 0.5) is 5.69 Å². The number of hydrogen-bond acceptors (Lipinski definition) is 5. The van der Waals surface area contributed by atoms with E-state index in [0.717, 1.165) is 38.0 Å². The molecule has 174 valence electrons. The molecule has 2 aliphatic rings. The van der Waals surface area contributed by atoms with E-state index in [-0.39, 0.29) is 10.8 Å². The van der Waals surface area contributed by atoms with Gasteiger partial charge in [0.05, 0.1) is 10.5 Å². The zero-order valence-electron chi connectivity index (χ0n) is 19.2. The Kier molecular flexibility index (Phi) is 6.93. The minimum atomic E-state index is -3.64. The van der Waals surface area contributed by atoms with Crippen LogP contribution in [0.1, 0.15) is 54.4 Å². The Hall–Kier alpha value is -1.90. The molecule has 1 saturated heterocycles. The van der Waals surface area contributed by atoms with E-state index in [1.807, 2.05) is 24.8 Å². The van der Waals surface area contributed by atoms with Gasteiger partial charge in [-0.3, -0.25) is 4.79 Å². The van der Waals surface area contributed by atoms with Crippen molar-refractivity contribution in [2.24, 2.45) is 5.92 Å². The van der Waals surface area contributed by atoms with Crippen LogP contribution in [-0.2, 0) is 23.0 Å². The lowest BCUT2D eigenvalue weighted by atomic mass is 9.97. The van der Waals surface area contributed by atoms with E-state index in [1.165, 1.54) is 14.7 Å². The zero-order chi connectivity index (χ0) is 22.9. The summed E-state index contributed by atoms with van der Waals surface area (Å²) in [6, 6.07) is 7.23. The molecule has 0 unspecified atom stereocenters. The summed E-state index contributed by atoms with van der Waals surface area (Å²) < 4.78 is 27.8. The monoisotopic (exact) mass is 475 g/mol. The van der Waals surface area contributed by atoms with Crippen LogP contribution in [0.25, 0.3) is 0 Å². The van der Waals surface area contributed by atoms with Gasteiger partial charge in [-0.25, -0.2) is 8.42 Å². The summed E-state index contributed by atoms with van der Waals surface area (Å²) in [7, 11) is -3.64. The summed E-state index contributed by atoms with van der Waals surface area (Å²) in [6.45, 7) is 9.76. The molecule has 1 amide bonds. The van der Waals surface area contributed by atoms with Crippen LogP contribution < -0.4 is 4.90 Å². The molecule has 0 atom stereocenters. The molecule has 2 aliphatic heterocycles. The van der Waals surface area contributed by atoms with Crippen LogP contribution in [0, 0.1) is 5.92 Å². The summed E-state index contributed by atoms with van der Waals surface area (Å²) in [5.41, 5.74) is 2.57. The molecule has 3 heterocycles. The molecular weight excluding hydrogens is 442 g/mol. The molecule has 0 aliphatic carbocycles. The van der Waals surface area contributed by atoms with E-state index in [4.69, 9.17) is 0 Å². The summed E-state index contributed by atoms with van der Waals surface area (Å²) >= 11 is 1.74. The maximum absolute atomic E-state index is 13.7. The highest BCUT2D eigenvalue weighted by Crippen LogP contribution is 2.32. The first kappa shape index (κ1) is 23.3. The number of anilines is 1. The molecule has 1 aromatic heterocycles. The number of benzene rings is 1. The molecule has 2 aromatic rings. The predicted octanol–water partition coefficient (Wildman–Crippen LogP) is 4.21. The molecule has 0 N–H and O–H groups in total. The number of thiophene rings is 1. The third-order valence-corrected chi connectivity index (χ3v) is 9.83. The number of hydrogen-bond donors (Lipinski definition) is 0. The molecule has 0 saturated carbocycles. The Labute approximate surface area is 195 Å². The van der Waals surface area contributed by atoms with Crippen LogP contribution in [0.2, 0.25) is 0 Å². The Balaban J connectivity index is 1.72. The summed E-state index contributed by atoms with van der Waals surface area (Å²) in [5, 5.41) is 2.08. The van der Waals surface area contributed by atoms with Gasteiger partial charge in [0.2, 0.25) is 10.0 Å². The highest BCUT2D eigenvalue weighted by atomic mass is 32.2. The molecular formula is C24H33N3O3S2. The number of sulfonamides is 1. The standard InChI is InChI=1S/C24H33N3O3S2/c1-4-27(5-2)32(29,30)20-6-7-22(25-12-8-18(3)9-13-25)21(16-20)24(28)26-14-10-23-19(17-26)11-15-31-23/h6-7,11,15-16,18H,4-5,8-10,12-14,17H2,1-3H3. The Morgan fingerprint density at radius 1 is 1.12 bits per heavy atom. The van der Waals surface area contributed by atoms with Gasteiger partial charge >= 0.3 is 0 Å². The van der Waals surface area contributed by atoms with Crippen molar-refractivity contribution in [1.82, 2.24) is 9.21 Å². The number of fused-ring (bicyclic) bond motifs is 1. The Bertz CT molecular complexity index is 1070. The fourth-order valence-electron chi connectivity index (χ4n) is 4.68. The average molecular weight is 476 g/mol. The number of nitrogens with zero attached hydrogens (tertiary/aromatic N) is 3. The van der Waals surface area contributed by atoms with Crippen LogP contribution in [0.3, 0.4) is 0 Å².